The van der Waals surface area contributed by atoms with Crippen molar-refractivity contribution in [2.24, 2.45) is 4.99 Å². The van der Waals surface area contributed by atoms with Crippen molar-refractivity contribution in [2.75, 3.05) is 19.5 Å². The molecule has 1 heterocycles. The van der Waals surface area contributed by atoms with Gasteiger partial charge in [-0.05, 0) is 19.6 Å². The van der Waals surface area contributed by atoms with Crippen LogP contribution in [0.1, 0.15) is 20.8 Å². The van der Waals surface area contributed by atoms with Crippen LogP contribution in [0.25, 0.3) is 0 Å². The Bertz CT molecular complexity index is 309. The number of nitrogens with zero attached hydrogens (tertiary/aromatic N) is 1. The van der Waals surface area contributed by atoms with Gasteiger partial charge in [0.15, 0.2) is 0 Å². The first-order chi connectivity index (χ1) is 8.37. The van der Waals surface area contributed by atoms with Crippen molar-refractivity contribution in [1.29, 1.82) is 0 Å². The summed E-state index contributed by atoms with van der Waals surface area (Å²) < 4.78 is 10.3. The van der Waals surface area contributed by atoms with Crippen LogP contribution >= 0.6 is 12.6 Å². The summed E-state index contributed by atoms with van der Waals surface area (Å²) in [5, 5.41) is 0. The zero-order chi connectivity index (χ0) is 14.8. The third-order valence-electron chi connectivity index (χ3n) is 1.81. The van der Waals surface area contributed by atoms with Crippen LogP contribution < -0.4 is 0 Å². The van der Waals surface area contributed by atoms with Gasteiger partial charge in [0.05, 0.1) is 18.2 Å². The molecule has 0 N–H and O–H groups in total. The van der Waals surface area contributed by atoms with Crippen LogP contribution in [0.3, 0.4) is 0 Å². The van der Waals surface area contributed by atoms with Crippen molar-refractivity contribution >= 4 is 18.5 Å². The van der Waals surface area contributed by atoms with Gasteiger partial charge in [0.2, 0.25) is 5.90 Å². The molecule has 0 aromatic rings. The summed E-state index contributed by atoms with van der Waals surface area (Å²) >= 11 is 3.79. The van der Waals surface area contributed by atoms with E-state index in [1.807, 2.05) is 20.8 Å². The smallest absolute Gasteiger partial charge is 0.219 e. The highest BCUT2D eigenvalue weighted by atomic mass is 32.1. The summed E-state index contributed by atoms with van der Waals surface area (Å²) in [6.07, 6.45) is 0. The van der Waals surface area contributed by atoms with Gasteiger partial charge >= 0.3 is 0 Å². The minimum atomic E-state index is -0.160. The van der Waals surface area contributed by atoms with Gasteiger partial charge in [0, 0.05) is 0 Å². The first-order valence-electron chi connectivity index (χ1n) is 5.64. The van der Waals surface area contributed by atoms with Crippen molar-refractivity contribution in [2.45, 2.75) is 26.3 Å². The van der Waals surface area contributed by atoms with Gasteiger partial charge in [-0.15, -0.1) is 13.2 Å². The third kappa shape index (κ3) is 7.22. The van der Waals surface area contributed by atoms with Gasteiger partial charge in [-0.1, -0.05) is 20.1 Å². The molecule has 104 valence electrons. The number of thiol groups is 1. The topological polar surface area (TPSA) is 30.8 Å². The van der Waals surface area contributed by atoms with Crippen molar-refractivity contribution < 1.29 is 9.47 Å². The van der Waals surface area contributed by atoms with Crippen LogP contribution in [0, 0.1) is 0 Å². The van der Waals surface area contributed by atoms with Gasteiger partial charge in [0.1, 0.15) is 12.4 Å². The van der Waals surface area contributed by atoms with E-state index in [1.165, 1.54) is 0 Å². The van der Waals surface area contributed by atoms with Gasteiger partial charge < -0.3 is 9.47 Å². The first kappa shape index (κ1) is 19.2. The van der Waals surface area contributed by atoms with Crippen molar-refractivity contribution in [3.05, 3.63) is 37.6 Å². The van der Waals surface area contributed by atoms with Gasteiger partial charge in [0.25, 0.3) is 0 Å². The van der Waals surface area contributed by atoms with E-state index in [-0.39, 0.29) is 5.54 Å². The molecule has 0 atom stereocenters. The molecule has 0 bridgehead atoms. The molecule has 0 saturated heterocycles. The summed E-state index contributed by atoms with van der Waals surface area (Å²) in [5.41, 5.74) is 0.458. The number of hydrogen-bond donors (Lipinski definition) is 1. The van der Waals surface area contributed by atoms with Crippen LogP contribution in [0.15, 0.2) is 42.6 Å². The molecule has 3 nitrogen and oxygen atoms in total. The molecule has 0 aromatic heterocycles. The Morgan fingerprint density at radius 3 is 2.17 bits per heavy atom. The van der Waals surface area contributed by atoms with Crippen LogP contribution in [-0.4, -0.2) is 30.9 Å². The van der Waals surface area contributed by atoms with Crippen LogP contribution in [0.4, 0.5) is 0 Å². The second-order valence-electron chi connectivity index (χ2n) is 3.94. The molecule has 1 aliphatic heterocycles. The lowest BCUT2D eigenvalue weighted by atomic mass is 10.1. The summed E-state index contributed by atoms with van der Waals surface area (Å²) in [6, 6.07) is 0. The quantitative estimate of drug-likeness (QED) is 0.368. The second-order valence-corrected chi connectivity index (χ2v) is 4.57. The van der Waals surface area contributed by atoms with Crippen LogP contribution in [-0.2, 0) is 9.47 Å². The maximum atomic E-state index is 5.36. The van der Waals surface area contributed by atoms with Crippen LogP contribution in [0.5, 0.6) is 0 Å². The minimum Gasteiger partial charge on any atom is -0.497 e. The standard InChI is InChI=1S/C10H15NO2.C2H6S.C2H4/c1-7(8(2)12-5)9-11-10(3,4)6-13-9;1-2-3;1-2/h1-2,6H2,3-5H3;3H,2H2,1H3;1-2H2. The average molecular weight is 271 g/mol. The number of methoxy groups -OCH3 is 1. The van der Waals surface area contributed by atoms with E-state index in [0.717, 1.165) is 5.75 Å². The van der Waals surface area contributed by atoms with Crippen molar-refractivity contribution in [3.63, 3.8) is 0 Å². The van der Waals surface area contributed by atoms with E-state index in [1.54, 1.807) is 7.11 Å². The molecule has 0 aliphatic carbocycles. The normalized spacial score (nSPS) is 14.8. The van der Waals surface area contributed by atoms with Gasteiger partial charge in [-0.25, -0.2) is 4.99 Å². The Hall–Kier alpha value is -1.16. The highest BCUT2D eigenvalue weighted by molar-refractivity contribution is 7.80. The predicted molar refractivity (Wildman–Crippen MR) is 83.5 cm³/mol. The van der Waals surface area contributed by atoms with Gasteiger partial charge in [-0.2, -0.15) is 12.6 Å². The Kier molecular flexibility index (Phi) is 10.5. The molecule has 18 heavy (non-hydrogen) atoms. The third-order valence-corrected chi connectivity index (χ3v) is 1.81. The average Bonchev–Trinajstić information content (AvgIpc) is 2.71. The monoisotopic (exact) mass is 271 g/mol. The molecule has 0 radical (unpaired) electrons. The Balaban J connectivity index is 0. The molecular formula is C14H25NO2S. The Labute approximate surface area is 117 Å². The highest BCUT2D eigenvalue weighted by Gasteiger charge is 2.28. The fourth-order valence-corrected chi connectivity index (χ4v) is 0.981. The Morgan fingerprint density at radius 2 is 1.89 bits per heavy atom. The lowest BCUT2D eigenvalue weighted by Gasteiger charge is -2.07. The molecule has 4 heteroatoms. The van der Waals surface area contributed by atoms with E-state index < -0.39 is 0 Å². The molecule has 0 unspecified atom stereocenters. The maximum Gasteiger partial charge on any atom is 0.219 e. The molecule has 1 rings (SSSR count). The Morgan fingerprint density at radius 1 is 1.44 bits per heavy atom. The minimum absolute atomic E-state index is 0.160. The van der Waals surface area contributed by atoms with Crippen molar-refractivity contribution in [3.8, 4) is 0 Å². The molecule has 0 aromatic carbocycles. The molecule has 1 aliphatic rings. The fraction of sp³-hybridized carbons (Fsp3) is 0.500. The van der Waals surface area contributed by atoms with Crippen molar-refractivity contribution in [1.82, 2.24) is 0 Å². The highest BCUT2D eigenvalue weighted by Crippen LogP contribution is 2.22. The maximum absolute atomic E-state index is 5.36. The largest absolute Gasteiger partial charge is 0.497 e. The number of hydrogen-bond acceptors (Lipinski definition) is 4. The van der Waals surface area contributed by atoms with Crippen LogP contribution in [0.2, 0.25) is 0 Å². The van der Waals surface area contributed by atoms with E-state index in [0.29, 0.717) is 23.8 Å². The zero-order valence-electron chi connectivity index (χ0n) is 12.0. The van der Waals surface area contributed by atoms with Gasteiger partial charge in [-0.3, -0.25) is 0 Å². The molecule has 0 fully saturated rings. The second kappa shape index (κ2) is 9.83. The summed E-state index contributed by atoms with van der Waals surface area (Å²) in [7, 11) is 1.55. The number of ether oxygens (including phenoxy) is 2. The summed E-state index contributed by atoms with van der Waals surface area (Å²) in [4.78, 5) is 4.34. The molecule has 0 spiro atoms. The lowest BCUT2D eigenvalue weighted by molar-refractivity contribution is 0.272. The first-order valence-corrected chi connectivity index (χ1v) is 6.27. The predicted octanol–water partition coefficient (Wildman–Crippen LogP) is 3.65. The summed E-state index contributed by atoms with van der Waals surface area (Å²) in [6.45, 7) is 20.1. The summed E-state index contributed by atoms with van der Waals surface area (Å²) in [5.74, 6) is 1.98. The van der Waals surface area contributed by atoms with E-state index in [2.05, 4.69) is 43.9 Å². The fourth-order valence-electron chi connectivity index (χ4n) is 0.981. The van der Waals surface area contributed by atoms with E-state index in [9.17, 15) is 0 Å². The van der Waals surface area contributed by atoms with E-state index >= 15 is 0 Å². The lowest BCUT2D eigenvalue weighted by Crippen LogP contribution is -2.17. The molecular weight excluding hydrogens is 246 g/mol. The zero-order valence-corrected chi connectivity index (χ0v) is 12.8. The van der Waals surface area contributed by atoms with E-state index in [4.69, 9.17) is 9.47 Å². The number of aliphatic imine (C=N–C) groups is 1. The molecule has 0 amide bonds. The number of rotatable bonds is 3. The molecule has 0 saturated carbocycles. The SMILES string of the molecule is C=C.C=C(OC)C(=C)C1=NC(C)(C)CO1.CCS.